The van der Waals surface area contributed by atoms with E-state index in [-0.39, 0.29) is 0 Å². The molecule has 0 radical (unpaired) electrons. The standard InChI is InChI=1S/C17H16F3N5/c18-17(19,20)13-6-4-12(5-7-13)16-22-21-14-8-9-15(23-25(14)16)24-10-2-1-3-11-24/h4-9H,1-3,10-11H2. The lowest BCUT2D eigenvalue weighted by Crippen LogP contribution is -2.30. The maximum absolute atomic E-state index is 12.7. The molecule has 1 aliphatic rings. The van der Waals surface area contributed by atoms with Crippen LogP contribution in [0.5, 0.6) is 0 Å². The highest BCUT2D eigenvalue weighted by Crippen LogP contribution is 2.30. The van der Waals surface area contributed by atoms with Crippen LogP contribution in [0.2, 0.25) is 0 Å². The maximum Gasteiger partial charge on any atom is 0.416 e. The number of anilines is 1. The Kier molecular flexibility index (Phi) is 3.82. The highest BCUT2D eigenvalue weighted by Gasteiger charge is 2.30. The second kappa shape index (κ2) is 6.02. The van der Waals surface area contributed by atoms with Crippen molar-refractivity contribution in [3.05, 3.63) is 42.0 Å². The first kappa shape index (κ1) is 15.9. The summed E-state index contributed by atoms with van der Waals surface area (Å²) in [5.41, 5.74) is 0.423. The van der Waals surface area contributed by atoms with Gasteiger partial charge in [0.2, 0.25) is 0 Å². The molecule has 2 aromatic heterocycles. The highest BCUT2D eigenvalue weighted by atomic mass is 19.4. The lowest BCUT2D eigenvalue weighted by atomic mass is 10.1. The minimum absolute atomic E-state index is 0.433. The predicted octanol–water partition coefficient (Wildman–Crippen LogP) is 3.80. The third kappa shape index (κ3) is 3.04. The fourth-order valence-corrected chi connectivity index (χ4v) is 3.06. The molecule has 0 aliphatic carbocycles. The Labute approximate surface area is 142 Å². The van der Waals surface area contributed by atoms with Crippen molar-refractivity contribution in [1.29, 1.82) is 0 Å². The summed E-state index contributed by atoms with van der Waals surface area (Å²) in [7, 11) is 0. The highest BCUT2D eigenvalue weighted by molar-refractivity contribution is 5.60. The predicted molar refractivity (Wildman–Crippen MR) is 87.3 cm³/mol. The van der Waals surface area contributed by atoms with Crippen molar-refractivity contribution in [3.63, 3.8) is 0 Å². The molecule has 0 saturated carbocycles. The van der Waals surface area contributed by atoms with Crippen LogP contribution < -0.4 is 4.90 Å². The number of aromatic nitrogens is 4. The smallest absolute Gasteiger partial charge is 0.355 e. The monoisotopic (exact) mass is 347 g/mol. The second-order valence-corrected chi connectivity index (χ2v) is 6.11. The van der Waals surface area contributed by atoms with E-state index in [4.69, 9.17) is 0 Å². The molecule has 0 N–H and O–H groups in total. The van der Waals surface area contributed by atoms with E-state index in [9.17, 15) is 13.2 Å². The molecule has 25 heavy (non-hydrogen) atoms. The van der Waals surface area contributed by atoms with Crippen LogP contribution >= 0.6 is 0 Å². The summed E-state index contributed by atoms with van der Waals surface area (Å²) in [4.78, 5) is 2.21. The molecular formula is C17H16F3N5. The molecule has 0 spiro atoms. The van der Waals surface area contributed by atoms with E-state index in [2.05, 4.69) is 20.2 Å². The Bertz CT molecular complexity index is 879. The summed E-state index contributed by atoms with van der Waals surface area (Å²) in [5.74, 6) is 1.27. The van der Waals surface area contributed by atoms with Crippen molar-refractivity contribution < 1.29 is 13.2 Å². The van der Waals surface area contributed by atoms with Crippen molar-refractivity contribution in [3.8, 4) is 11.4 Å². The van der Waals surface area contributed by atoms with Crippen LogP contribution in [0.15, 0.2) is 36.4 Å². The molecular weight excluding hydrogens is 331 g/mol. The first-order valence-corrected chi connectivity index (χ1v) is 8.17. The summed E-state index contributed by atoms with van der Waals surface area (Å²) in [6.45, 7) is 1.91. The molecule has 5 nitrogen and oxygen atoms in total. The van der Waals surface area contributed by atoms with Crippen molar-refractivity contribution in [1.82, 2.24) is 19.8 Å². The van der Waals surface area contributed by atoms with E-state index in [1.807, 2.05) is 12.1 Å². The van der Waals surface area contributed by atoms with Crippen LogP contribution in [0.4, 0.5) is 19.0 Å². The number of alkyl halides is 3. The minimum Gasteiger partial charge on any atom is -0.355 e. The van der Waals surface area contributed by atoms with E-state index < -0.39 is 11.7 Å². The molecule has 1 saturated heterocycles. The van der Waals surface area contributed by atoms with Gasteiger partial charge in [-0.25, -0.2) is 0 Å². The molecule has 8 heteroatoms. The maximum atomic E-state index is 12.7. The largest absolute Gasteiger partial charge is 0.416 e. The van der Waals surface area contributed by atoms with Gasteiger partial charge >= 0.3 is 6.18 Å². The van der Waals surface area contributed by atoms with Crippen LogP contribution in [0.1, 0.15) is 24.8 Å². The van der Waals surface area contributed by atoms with E-state index in [0.717, 1.165) is 43.9 Å². The van der Waals surface area contributed by atoms with Gasteiger partial charge in [0.1, 0.15) is 5.82 Å². The lowest BCUT2D eigenvalue weighted by Gasteiger charge is -2.27. The summed E-state index contributed by atoms with van der Waals surface area (Å²) < 4.78 is 39.8. The molecule has 4 rings (SSSR count). The molecule has 1 aromatic carbocycles. The quantitative estimate of drug-likeness (QED) is 0.707. The zero-order valence-corrected chi connectivity index (χ0v) is 13.4. The van der Waals surface area contributed by atoms with Crippen molar-refractivity contribution in [2.45, 2.75) is 25.4 Å². The van der Waals surface area contributed by atoms with E-state index in [1.54, 1.807) is 4.52 Å². The third-order valence-electron chi connectivity index (χ3n) is 4.40. The Hall–Kier alpha value is -2.64. The lowest BCUT2D eigenvalue weighted by molar-refractivity contribution is -0.137. The van der Waals surface area contributed by atoms with Crippen LogP contribution in [0, 0.1) is 0 Å². The minimum atomic E-state index is -4.36. The van der Waals surface area contributed by atoms with Gasteiger partial charge in [-0.2, -0.15) is 17.7 Å². The fraction of sp³-hybridized carbons (Fsp3) is 0.353. The average molecular weight is 347 g/mol. The number of nitrogens with zero attached hydrogens (tertiary/aromatic N) is 5. The molecule has 0 unspecified atom stereocenters. The Morgan fingerprint density at radius 1 is 0.840 bits per heavy atom. The van der Waals surface area contributed by atoms with Gasteiger partial charge in [-0.15, -0.1) is 15.3 Å². The van der Waals surface area contributed by atoms with E-state index in [1.165, 1.54) is 18.6 Å². The summed E-state index contributed by atoms with van der Waals surface area (Å²) in [6.07, 6.45) is -0.866. The van der Waals surface area contributed by atoms with Gasteiger partial charge in [-0.1, -0.05) is 12.1 Å². The topological polar surface area (TPSA) is 46.3 Å². The number of halogens is 3. The first-order valence-electron chi connectivity index (χ1n) is 8.17. The number of fused-ring (bicyclic) bond motifs is 1. The number of rotatable bonds is 2. The van der Waals surface area contributed by atoms with E-state index in [0.29, 0.717) is 17.0 Å². The third-order valence-corrected chi connectivity index (χ3v) is 4.40. The van der Waals surface area contributed by atoms with Gasteiger partial charge in [-0.3, -0.25) is 0 Å². The first-order chi connectivity index (χ1) is 12.0. The van der Waals surface area contributed by atoms with Crippen molar-refractivity contribution in [2.24, 2.45) is 0 Å². The number of benzene rings is 1. The SMILES string of the molecule is FC(F)(F)c1ccc(-c2nnc3ccc(N4CCCCC4)nn23)cc1. The van der Waals surface area contributed by atoms with Gasteiger partial charge in [0.15, 0.2) is 11.5 Å². The van der Waals surface area contributed by atoms with Crippen LogP contribution in [-0.4, -0.2) is 32.9 Å². The number of hydrogen-bond acceptors (Lipinski definition) is 4. The number of piperidine rings is 1. The summed E-state index contributed by atoms with van der Waals surface area (Å²) in [6, 6.07) is 8.63. The number of hydrogen-bond donors (Lipinski definition) is 0. The van der Waals surface area contributed by atoms with Crippen molar-refractivity contribution >= 4 is 11.5 Å². The van der Waals surface area contributed by atoms with Crippen molar-refractivity contribution in [2.75, 3.05) is 18.0 Å². The average Bonchev–Trinajstić information content (AvgIpc) is 3.05. The molecule has 0 atom stereocenters. The van der Waals surface area contributed by atoms with Crippen LogP contribution in [-0.2, 0) is 6.18 Å². The van der Waals surface area contributed by atoms with Crippen LogP contribution in [0.3, 0.4) is 0 Å². The molecule has 1 fully saturated rings. The zero-order valence-electron chi connectivity index (χ0n) is 13.4. The molecule has 0 amide bonds. The van der Waals surface area contributed by atoms with Gasteiger partial charge in [0.05, 0.1) is 5.56 Å². The fourth-order valence-electron chi connectivity index (χ4n) is 3.06. The van der Waals surface area contributed by atoms with Gasteiger partial charge < -0.3 is 4.90 Å². The molecule has 130 valence electrons. The second-order valence-electron chi connectivity index (χ2n) is 6.11. The van der Waals surface area contributed by atoms with E-state index >= 15 is 0 Å². The summed E-state index contributed by atoms with van der Waals surface area (Å²) >= 11 is 0. The molecule has 3 heterocycles. The molecule has 0 bridgehead atoms. The van der Waals surface area contributed by atoms with Gasteiger partial charge in [-0.05, 0) is 43.5 Å². The summed E-state index contributed by atoms with van der Waals surface area (Å²) in [5, 5.41) is 12.8. The molecule has 1 aliphatic heterocycles. The van der Waals surface area contributed by atoms with Gasteiger partial charge in [0, 0.05) is 18.7 Å². The van der Waals surface area contributed by atoms with Gasteiger partial charge in [0.25, 0.3) is 0 Å². The zero-order chi connectivity index (χ0) is 17.4. The normalized spacial score (nSPS) is 15.7. The Morgan fingerprint density at radius 2 is 1.56 bits per heavy atom. The molecule has 3 aromatic rings. The Balaban J connectivity index is 1.72. The Morgan fingerprint density at radius 3 is 2.24 bits per heavy atom. The van der Waals surface area contributed by atoms with Crippen LogP contribution in [0.25, 0.3) is 17.0 Å².